The van der Waals surface area contributed by atoms with Crippen molar-refractivity contribution in [1.82, 2.24) is 10.1 Å². The zero-order valence-electron chi connectivity index (χ0n) is 14.2. The van der Waals surface area contributed by atoms with Crippen molar-refractivity contribution < 1.29 is 13.2 Å². The molecule has 0 saturated carbocycles. The van der Waals surface area contributed by atoms with Gasteiger partial charge in [-0.2, -0.15) is 0 Å². The third kappa shape index (κ3) is 3.60. The molecule has 0 fully saturated rings. The lowest BCUT2D eigenvalue weighted by molar-refractivity contribution is 0.0953. The highest BCUT2D eigenvalue weighted by atomic mass is 32.2. The van der Waals surface area contributed by atoms with E-state index in [1.54, 1.807) is 36.4 Å². The van der Waals surface area contributed by atoms with Crippen LogP contribution in [0.4, 0.5) is 0 Å². The summed E-state index contributed by atoms with van der Waals surface area (Å²) in [6, 6.07) is 17.5. The number of sulfonamides is 1. The van der Waals surface area contributed by atoms with Gasteiger partial charge in [0.15, 0.2) is 0 Å². The van der Waals surface area contributed by atoms with E-state index in [1.165, 1.54) is 0 Å². The summed E-state index contributed by atoms with van der Waals surface area (Å²) < 4.78 is 28.2. The standard InChI is InChI=1S/C19H19N3O3S/c1-13-4-2-5-15-6-3-7-17(18(13)15)26(24,25)21-12-14-8-10-16(11-9-14)19(23)22-20/h2-11,21H,12,20H2,1H3,(H,22,23). The van der Waals surface area contributed by atoms with E-state index in [1.807, 2.05) is 31.2 Å². The van der Waals surface area contributed by atoms with Crippen LogP contribution in [0.3, 0.4) is 0 Å². The first-order valence-corrected chi connectivity index (χ1v) is 9.48. The Bertz CT molecular complexity index is 1060. The third-order valence-electron chi connectivity index (χ3n) is 4.18. The Balaban J connectivity index is 1.85. The number of aryl methyl sites for hydroxylation is 1. The summed E-state index contributed by atoms with van der Waals surface area (Å²) in [5.41, 5.74) is 4.10. The van der Waals surface area contributed by atoms with E-state index < -0.39 is 15.9 Å². The molecule has 4 N–H and O–H groups in total. The van der Waals surface area contributed by atoms with Gasteiger partial charge >= 0.3 is 0 Å². The normalized spacial score (nSPS) is 11.5. The van der Waals surface area contributed by atoms with Crippen LogP contribution in [-0.4, -0.2) is 14.3 Å². The van der Waals surface area contributed by atoms with Crippen molar-refractivity contribution in [3.05, 3.63) is 77.4 Å². The van der Waals surface area contributed by atoms with Crippen molar-refractivity contribution in [1.29, 1.82) is 0 Å². The zero-order chi connectivity index (χ0) is 18.7. The van der Waals surface area contributed by atoms with Crippen LogP contribution in [0, 0.1) is 6.92 Å². The van der Waals surface area contributed by atoms with Crippen molar-refractivity contribution in [3.8, 4) is 0 Å². The van der Waals surface area contributed by atoms with E-state index in [0.717, 1.165) is 21.9 Å². The molecule has 0 aromatic heterocycles. The lowest BCUT2D eigenvalue weighted by Gasteiger charge is -2.11. The minimum absolute atomic E-state index is 0.120. The SMILES string of the molecule is Cc1cccc2cccc(S(=O)(=O)NCc3ccc(C(=O)NN)cc3)c12. The van der Waals surface area contributed by atoms with Crippen LogP contribution < -0.4 is 16.0 Å². The summed E-state index contributed by atoms with van der Waals surface area (Å²) in [5, 5.41) is 1.60. The van der Waals surface area contributed by atoms with Crippen LogP contribution in [0.1, 0.15) is 21.5 Å². The lowest BCUT2D eigenvalue weighted by atomic mass is 10.1. The second kappa shape index (κ2) is 7.25. The number of hydrogen-bond donors (Lipinski definition) is 3. The Hall–Kier alpha value is -2.74. The van der Waals surface area contributed by atoms with Gasteiger partial charge < -0.3 is 0 Å². The number of amides is 1. The van der Waals surface area contributed by atoms with E-state index in [0.29, 0.717) is 5.56 Å². The average Bonchev–Trinajstić information content (AvgIpc) is 2.66. The van der Waals surface area contributed by atoms with E-state index in [-0.39, 0.29) is 11.4 Å². The summed E-state index contributed by atoms with van der Waals surface area (Å²) in [5.74, 6) is 4.69. The van der Waals surface area contributed by atoms with Gasteiger partial charge in [0.1, 0.15) is 0 Å². The highest BCUT2D eigenvalue weighted by Gasteiger charge is 2.18. The molecule has 0 aliphatic carbocycles. The maximum absolute atomic E-state index is 12.8. The number of hydrogen-bond acceptors (Lipinski definition) is 4. The van der Waals surface area contributed by atoms with Gasteiger partial charge in [-0.05, 0) is 41.6 Å². The number of nitrogens with two attached hydrogens (primary N) is 1. The smallest absolute Gasteiger partial charge is 0.265 e. The van der Waals surface area contributed by atoms with E-state index >= 15 is 0 Å². The predicted molar refractivity (Wildman–Crippen MR) is 101 cm³/mol. The first-order chi connectivity index (χ1) is 12.4. The van der Waals surface area contributed by atoms with Crippen molar-refractivity contribution in [3.63, 3.8) is 0 Å². The van der Waals surface area contributed by atoms with E-state index in [4.69, 9.17) is 5.84 Å². The second-order valence-electron chi connectivity index (χ2n) is 5.92. The van der Waals surface area contributed by atoms with Gasteiger partial charge in [0, 0.05) is 17.5 Å². The topological polar surface area (TPSA) is 101 Å². The van der Waals surface area contributed by atoms with Crippen LogP contribution in [0.5, 0.6) is 0 Å². The van der Waals surface area contributed by atoms with Crippen LogP contribution in [0.2, 0.25) is 0 Å². The molecule has 1 amide bonds. The minimum Gasteiger partial charge on any atom is -0.290 e. The predicted octanol–water partition coefficient (Wildman–Crippen LogP) is 2.23. The van der Waals surface area contributed by atoms with Gasteiger partial charge in [-0.3, -0.25) is 10.2 Å². The van der Waals surface area contributed by atoms with Crippen LogP contribution in [0.15, 0.2) is 65.6 Å². The molecule has 0 spiro atoms. The average molecular weight is 369 g/mol. The quantitative estimate of drug-likeness (QED) is 0.365. The summed E-state index contributed by atoms with van der Waals surface area (Å²) >= 11 is 0. The molecule has 6 nitrogen and oxygen atoms in total. The molecule has 0 unspecified atom stereocenters. The summed E-state index contributed by atoms with van der Waals surface area (Å²) in [4.78, 5) is 11.7. The number of carbonyl (C=O) groups excluding carboxylic acids is 1. The molecule has 3 aromatic rings. The second-order valence-corrected chi connectivity index (χ2v) is 7.66. The Morgan fingerprint density at radius 3 is 2.31 bits per heavy atom. The fraction of sp³-hybridized carbons (Fsp3) is 0.105. The number of hydrazine groups is 1. The van der Waals surface area contributed by atoms with Gasteiger partial charge in [-0.25, -0.2) is 19.0 Å². The molecule has 0 bridgehead atoms. The monoisotopic (exact) mass is 369 g/mol. The van der Waals surface area contributed by atoms with Gasteiger partial charge in [-0.1, -0.05) is 42.5 Å². The first kappa shape index (κ1) is 18.1. The Morgan fingerprint density at radius 2 is 1.65 bits per heavy atom. The van der Waals surface area contributed by atoms with Crippen LogP contribution in [-0.2, 0) is 16.6 Å². The molecule has 0 aliphatic rings. The molecule has 3 aromatic carbocycles. The molecule has 0 radical (unpaired) electrons. The summed E-state index contributed by atoms with van der Waals surface area (Å²) in [7, 11) is -3.69. The number of carbonyl (C=O) groups is 1. The molecule has 26 heavy (non-hydrogen) atoms. The molecule has 0 saturated heterocycles. The third-order valence-corrected chi connectivity index (χ3v) is 5.62. The van der Waals surface area contributed by atoms with Crippen LogP contribution >= 0.6 is 0 Å². The van der Waals surface area contributed by atoms with Crippen molar-refractivity contribution in [2.45, 2.75) is 18.4 Å². The van der Waals surface area contributed by atoms with Gasteiger partial charge in [0.25, 0.3) is 5.91 Å². The summed E-state index contributed by atoms with van der Waals surface area (Å²) in [6.07, 6.45) is 0. The van der Waals surface area contributed by atoms with E-state index in [2.05, 4.69) is 10.1 Å². The maximum Gasteiger partial charge on any atom is 0.265 e. The highest BCUT2D eigenvalue weighted by Crippen LogP contribution is 2.26. The maximum atomic E-state index is 12.8. The number of rotatable bonds is 5. The highest BCUT2D eigenvalue weighted by molar-refractivity contribution is 7.89. The van der Waals surface area contributed by atoms with Gasteiger partial charge in [0.2, 0.25) is 10.0 Å². The molecular weight excluding hydrogens is 350 g/mol. The fourth-order valence-electron chi connectivity index (χ4n) is 2.83. The molecule has 7 heteroatoms. The Morgan fingerprint density at radius 1 is 1.00 bits per heavy atom. The van der Waals surface area contributed by atoms with Crippen molar-refractivity contribution in [2.24, 2.45) is 5.84 Å². The first-order valence-electron chi connectivity index (χ1n) is 8.00. The fourth-order valence-corrected chi connectivity index (χ4v) is 4.14. The molecule has 134 valence electrons. The number of nitrogens with one attached hydrogen (secondary N) is 2. The molecule has 0 aliphatic heterocycles. The van der Waals surface area contributed by atoms with Gasteiger partial charge in [0.05, 0.1) is 4.90 Å². The van der Waals surface area contributed by atoms with Crippen molar-refractivity contribution >= 4 is 26.7 Å². The number of nitrogen functional groups attached to an aromatic ring is 1. The zero-order valence-corrected chi connectivity index (χ0v) is 15.0. The van der Waals surface area contributed by atoms with Crippen LogP contribution in [0.25, 0.3) is 10.8 Å². The van der Waals surface area contributed by atoms with Crippen molar-refractivity contribution in [2.75, 3.05) is 0 Å². The minimum atomic E-state index is -3.69. The number of benzene rings is 3. The summed E-state index contributed by atoms with van der Waals surface area (Å²) in [6.45, 7) is 2.01. The largest absolute Gasteiger partial charge is 0.290 e. The lowest BCUT2D eigenvalue weighted by Crippen LogP contribution is -2.30. The van der Waals surface area contributed by atoms with Gasteiger partial charge in [-0.15, -0.1) is 0 Å². The molecule has 0 atom stereocenters. The number of fused-ring (bicyclic) bond motifs is 1. The van der Waals surface area contributed by atoms with E-state index in [9.17, 15) is 13.2 Å². The molecule has 3 rings (SSSR count). The Labute approximate surface area is 152 Å². The molecular formula is C19H19N3O3S. The molecule has 0 heterocycles. The Kier molecular flexibility index (Phi) is 5.03.